The summed E-state index contributed by atoms with van der Waals surface area (Å²) < 4.78 is 12.8. The molecule has 0 saturated heterocycles. The molecule has 0 fully saturated rings. The largest absolute Gasteiger partial charge is 0.487 e. The number of halogens is 2. The van der Waals surface area contributed by atoms with Crippen LogP contribution in [0.25, 0.3) is 6.08 Å². The van der Waals surface area contributed by atoms with Gasteiger partial charge in [0.1, 0.15) is 12.4 Å². The van der Waals surface area contributed by atoms with E-state index in [-0.39, 0.29) is 17.5 Å². The van der Waals surface area contributed by atoms with Gasteiger partial charge in [0.15, 0.2) is 5.70 Å². The van der Waals surface area contributed by atoms with Gasteiger partial charge in [-0.15, -0.1) is 0 Å². The van der Waals surface area contributed by atoms with Crippen LogP contribution < -0.4 is 10.1 Å². The van der Waals surface area contributed by atoms with Crippen LogP contribution in [0.2, 0.25) is 0 Å². The molecule has 0 unspecified atom stereocenters. The highest BCUT2D eigenvalue weighted by atomic mass is 79.9. The van der Waals surface area contributed by atoms with Crippen molar-refractivity contribution in [3.8, 4) is 5.75 Å². The summed E-state index contributed by atoms with van der Waals surface area (Å²) in [5.41, 5.74) is 3.28. The third-order valence-electron chi connectivity index (χ3n) is 4.62. The first-order valence-electron chi connectivity index (χ1n) is 9.95. The number of rotatable bonds is 6. The summed E-state index contributed by atoms with van der Waals surface area (Å²) in [7, 11) is 0. The van der Waals surface area contributed by atoms with Crippen molar-refractivity contribution >= 4 is 61.4 Å². The smallest absolute Gasteiger partial charge is 0.363 e. The molecule has 166 valence electrons. The molecule has 8 heteroatoms. The van der Waals surface area contributed by atoms with Crippen molar-refractivity contribution in [3.05, 3.63) is 98.1 Å². The van der Waals surface area contributed by atoms with E-state index >= 15 is 0 Å². The van der Waals surface area contributed by atoms with Crippen molar-refractivity contribution in [1.82, 2.24) is 0 Å². The zero-order chi connectivity index (χ0) is 23.4. The minimum atomic E-state index is -0.535. The van der Waals surface area contributed by atoms with Crippen molar-refractivity contribution in [1.29, 1.82) is 0 Å². The molecule has 1 heterocycles. The maximum atomic E-state index is 12.4. The third kappa shape index (κ3) is 5.77. The molecule has 1 amide bonds. The average molecular weight is 570 g/mol. The van der Waals surface area contributed by atoms with Crippen molar-refractivity contribution in [3.63, 3.8) is 0 Å². The number of nitrogens with one attached hydrogen (secondary N) is 1. The molecule has 0 aromatic heterocycles. The van der Waals surface area contributed by atoms with Crippen LogP contribution in [-0.2, 0) is 20.9 Å². The molecule has 6 nitrogen and oxygen atoms in total. The van der Waals surface area contributed by atoms with Gasteiger partial charge in [-0.25, -0.2) is 9.79 Å². The minimum Gasteiger partial charge on any atom is -0.487 e. The number of esters is 1. The van der Waals surface area contributed by atoms with Crippen molar-refractivity contribution in [2.45, 2.75) is 13.5 Å². The molecule has 0 spiro atoms. The molecule has 0 aliphatic carbocycles. The molecular weight excluding hydrogens is 552 g/mol. The summed E-state index contributed by atoms with van der Waals surface area (Å²) in [4.78, 5) is 27.9. The van der Waals surface area contributed by atoms with Crippen LogP contribution in [0.3, 0.4) is 0 Å². The fourth-order valence-corrected chi connectivity index (χ4v) is 4.57. The van der Waals surface area contributed by atoms with E-state index in [1.54, 1.807) is 30.3 Å². The number of carbonyl (C=O) groups is 2. The van der Waals surface area contributed by atoms with Crippen LogP contribution in [-0.4, -0.2) is 17.8 Å². The van der Waals surface area contributed by atoms with Gasteiger partial charge in [0.2, 0.25) is 11.8 Å². The molecule has 0 saturated carbocycles. The van der Waals surface area contributed by atoms with Gasteiger partial charge in [-0.2, -0.15) is 0 Å². The molecule has 1 aliphatic heterocycles. The summed E-state index contributed by atoms with van der Waals surface area (Å²) in [6, 6.07) is 20.5. The number of nitrogens with zero attached hydrogens (tertiary/aromatic N) is 1. The number of cyclic esters (lactones) is 1. The molecule has 0 bridgehead atoms. The highest BCUT2D eigenvalue weighted by Gasteiger charge is 2.24. The predicted molar refractivity (Wildman–Crippen MR) is 134 cm³/mol. The lowest BCUT2D eigenvalue weighted by molar-refractivity contribution is -0.129. The van der Waals surface area contributed by atoms with E-state index in [0.29, 0.717) is 23.6 Å². The Hall–Kier alpha value is -3.23. The van der Waals surface area contributed by atoms with Crippen LogP contribution in [0.4, 0.5) is 5.69 Å². The van der Waals surface area contributed by atoms with Crippen LogP contribution in [0, 0.1) is 0 Å². The van der Waals surface area contributed by atoms with Crippen LogP contribution in [0.1, 0.15) is 23.6 Å². The van der Waals surface area contributed by atoms with E-state index in [1.165, 1.54) is 6.92 Å². The molecule has 3 aromatic carbocycles. The SMILES string of the molecule is CC(=O)Nc1ccc(C2=N/C(=C\c3cc(Br)c(OCc4ccccc4)c(Br)c3)C(=O)O2)cc1. The number of carbonyl (C=O) groups excluding carboxylic acids is 2. The van der Waals surface area contributed by atoms with Crippen molar-refractivity contribution < 1.29 is 19.1 Å². The zero-order valence-electron chi connectivity index (χ0n) is 17.5. The number of aliphatic imine (C=N–C) groups is 1. The van der Waals surface area contributed by atoms with Crippen LogP contribution in [0.15, 0.2) is 86.4 Å². The van der Waals surface area contributed by atoms with E-state index in [9.17, 15) is 9.59 Å². The summed E-state index contributed by atoms with van der Waals surface area (Å²) in [5, 5.41) is 2.69. The Labute approximate surface area is 207 Å². The summed E-state index contributed by atoms with van der Waals surface area (Å²) in [6.45, 7) is 1.87. The Kier molecular flexibility index (Phi) is 7.05. The average Bonchev–Trinajstić information content (AvgIpc) is 3.14. The van der Waals surface area contributed by atoms with Gasteiger partial charge in [-0.1, -0.05) is 30.3 Å². The summed E-state index contributed by atoms with van der Waals surface area (Å²) in [6.07, 6.45) is 1.65. The van der Waals surface area contributed by atoms with Gasteiger partial charge >= 0.3 is 5.97 Å². The number of amides is 1. The number of anilines is 1. The van der Waals surface area contributed by atoms with E-state index in [2.05, 4.69) is 42.2 Å². The normalized spacial score (nSPS) is 14.1. The molecule has 3 aromatic rings. The first kappa shape index (κ1) is 22.9. The second kappa shape index (κ2) is 10.1. The molecule has 1 N–H and O–H groups in total. The van der Waals surface area contributed by atoms with Crippen molar-refractivity contribution in [2.75, 3.05) is 5.32 Å². The monoisotopic (exact) mass is 568 g/mol. The van der Waals surface area contributed by atoms with Gasteiger partial charge in [-0.3, -0.25) is 4.79 Å². The van der Waals surface area contributed by atoms with E-state index < -0.39 is 5.97 Å². The molecule has 0 radical (unpaired) electrons. The topological polar surface area (TPSA) is 77.0 Å². The molecule has 1 aliphatic rings. The first-order valence-corrected chi connectivity index (χ1v) is 11.5. The van der Waals surface area contributed by atoms with Gasteiger partial charge < -0.3 is 14.8 Å². The highest BCUT2D eigenvalue weighted by molar-refractivity contribution is 9.11. The maximum absolute atomic E-state index is 12.4. The van der Waals surface area contributed by atoms with Gasteiger partial charge in [0.25, 0.3) is 0 Å². The first-order chi connectivity index (χ1) is 15.9. The Bertz CT molecular complexity index is 1250. The maximum Gasteiger partial charge on any atom is 0.363 e. The molecule has 0 atom stereocenters. The second-order valence-corrected chi connectivity index (χ2v) is 8.89. The number of hydrogen-bond donors (Lipinski definition) is 1. The number of hydrogen-bond acceptors (Lipinski definition) is 5. The molecular formula is C25H18Br2N2O4. The third-order valence-corrected chi connectivity index (χ3v) is 5.80. The summed E-state index contributed by atoms with van der Waals surface area (Å²) in [5.74, 6) is 0.180. The Morgan fingerprint density at radius 2 is 1.73 bits per heavy atom. The molecule has 33 heavy (non-hydrogen) atoms. The summed E-state index contributed by atoms with van der Waals surface area (Å²) >= 11 is 7.08. The van der Waals surface area contributed by atoms with Gasteiger partial charge in [0, 0.05) is 18.2 Å². The minimum absolute atomic E-state index is 0.161. The highest BCUT2D eigenvalue weighted by Crippen LogP contribution is 2.36. The van der Waals surface area contributed by atoms with Crippen molar-refractivity contribution in [2.24, 2.45) is 4.99 Å². The standard InChI is InChI=1S/C25H18Br2N2O4/c1-15(30)28-19-9-7-18(8-10-19)24-29-22(25(31)33-24)13-17-11-20(26)23(21(27)12-17)32-14-16-5-3-2-4-6-16/h2-13H,14H2,1H3,(H,28,30)/b22-13-. The second-order valence-electron chi connectivity index (χ2n) is 7.18. The fourth-order valence-electron chi connectivity index (χ4n) is 3.12. The Morgan fingerprint density at radius 1 is 1.06 bits per heavy atom. The van der Waals surface area contributed by atoms with E-state index in [0.717, 1.165) is 20.1 Å². The van der Waals surface area contributed by atoms with E-state index in [4.69, 9.17) is 9.47 Å². The lowest BCUT2D eigenvalue weighted by atomic mass is 10.2. The number of benzene rings is 3. The number of ether oxygens (including phenoxy) is 2. The zero-order valence-corrected chi connectivity index (χ0v) is 20.6. The fraction of sp³-hybridized carbons (Fsp3) is 0.0800. The predicted octanol–water partition coefficient (Wildman–Crippen LogP) is 6.09. The van der Waals surface area contributed by atoms with E-state index in [1.807, 2.05) is 42.5 Å². The Morgan fingerprint density at radius 3 is 2.36 bits per heavy atom. The van der Waals surface area contributed by atoms with Crippen LogP contribution in [0.5, 0.6) is 5.75 Å². The van der Waals surface area contributed by atoms with Crippen LogP contribution >= 0.6 is 31.9 Å². The quantitative estimate of drug-likeness (QED) is 0.288. The van der Waals surface area contributed by atoms with Gasteiger partial charge in [0.05, 0.1) is 8.95 Å². The molecule has 4 rings (SSSR count). The lowest BCUT2D eigenvalue weighted by Crippen LogP contribution is -2.07. The van der Waals surface area contributed by atoms with Gasteiger partial charge in [-0.05, 0) is 85.5 Å². The Balaban J connectivity index is 1.52. The lowest BCUT2D eigenvalue weighted by Gasteiger charge is -2.11.